The van der Waals surface area contributed by atoms with Gasteiger partial charge in [-0.1, -0.05) is 13.0 Å². The molecule has 0 aliphatic carbocycles. The third-order valence-corrected chi connectivity index (χ3v) is 4.77. The molecule has 0 radical (unpaired) electrons. The van der Waals surface area contributed by atoms with E-state index in [9.17, 15) is 8.42 Å². The number of rotatable bonds is 7. The molecule has 0 unspecified atom stereocenters. The Kier molecular flexibility index (Phi) is 5.74. The number of hydrogen-bond acceptors (Lipinski definition) is 5. The Morgan fingerprint density at radius 1 is 1.21 bits per heavy atom. The molecule has 1 aromatic rings. The molecule has 0 heterocycles. The van der Waals surface area contributed by atoms with E-state index in [1.54, 1.807) is 12.1 Å². The van der Waals surface area contributed by atoms with Crippen LogP contribution in [0.2, 0.25) is 0 Å². The summed E-state index contributed by atoms with van der Waals surface area (Å²) in [6, 6.07) is 4.74. The Morgan fingerprint density at radius 3 is 2.26 bits per heavy atom. The fourth-order valence-corrected chi connectivity index (χ4v) is 3.57. The predicted octanol–water partition coefficient (Wildman–Crippen LogP) is -0.194. The molecule has 0 bridgehead atoms. The first-order chi connectivity index (χ1) is 8.97. The number of nitrogen functional groups attached to an aromatic ring is 1. The topological polar surface area (TPSA) is 104 Å². The largest absolute Gasteiger partial charge is 0.399 e. The Labute approximate surface area is 113 Å². The van der Waals surface area contributed by atoms with Gasteiger partial charge in [0.2, 0.25) is 10.0 Å². The highest BCUT2D eigenvalue weighted by Crippen LogP contribution is 2.23. The predicted molar refractivity (Wildman–Crippen MR) is 73.2 cm³/mol. The van der Waals surface area contributed by atoms with Crippen LogP contribution in [0.25, 0.3) is 0 Å². The lowest BCUT2D eigenvalue weighted by atomic mass is 10.1. The van der Waals surface area contributed by atoms with Gasteiger partial charge >= 0.3 is 0 Å². The summed E-state index contributed by atoms with van der Waals surface area (Å²) < 4.78 is 26.0. The van der Waals surface area contributed by atoms with E-state index in [1.807, 2.05) is 6.92 Å². The van der Waals surface area contributed by atoms with Crippen LogP contribution < -0.4 is 5.73 Å². The molecule has 1 aromatic carbocycles. The molecular formula is C12H20N2O4S. The van der Waals surface area contributed by atoms with E-state index >= 15 is 0 Å². The summed E-state index contributed by atoms with van der Waals surface area (Å²) in [6.07, 6.45) is 0.556. The lowest BCUT2D eigenvalue weighted by Crippen LogP contribution is -2.36. The average Bonchev–Trinajstić information content (AvgIpc) is 2.38. The van der Waals surface area contributed by atoms with E-state index in [4.69, 9.17) is 15.9 Å². The van der Waals surface area contributed by atoms with Crippen molar-refractivity contribution in [2.24, 2.45) is 0 Å². The van der Waals surface area contributed by atoms with Crippen LogP contribution in [-0.4, -0.2) is 49.2 Å². The lowest BCUT2D eigenvalue weighted by Gasteiger charge is -2.22. The molecule has 0 aliphatic heterocycles. The van der Waals surface area contributed by atoms with Crippen LogP contribution in [-0.2, 0) is 16.4 Å². The fourth-order valence-electron chi connectivity index (χ4n) is 1.82. The molecule has 0 amide bonds. The SMILES string of the molecule is CCc1ccc(N)cc1S(=O)(=O)N(CCO)CCO. The highest BCUT2D eigenvalue weighted by Gasteiger charge is 2.26. The Bertz CT molecular complexity index is 510. The summed E-state index contributed by atoms with van der Waals surface area (Å²) in [4.78, 5) is 0.136. The summed E-state index contributed by atoms with van der Waals surface area (Å²) in [5.74, 6) is 0. The van der Waals surface area contributed by atoms with Crippen molar-refractivity contribution in [2.45, 2.75) is 18.2 Å². The summed E-state index contributed by atoms with van der Waals surface area (Å²) in [5.41, 5.74) is 6.67. The molecule has 1 rings (SSSR count). The van der Waals surface area contributed by atoms with Crippen molar-refractivity contribution >= 4 is 15.7 Å². The lowest BCUT2D eigenvalue weighted by molar-refractivity contribution is 0.217. The van der Waals surface area contributed by atoms with Crippen LogP contribution in [0.3, 0.4) is 0 Å². The zero-order valence-electron chi connectivity index (χ0n) is 10.9. The number of nitrogens with zero attached hydrogens (tertiary/aromatic N) is 1. The summed E-state index contributed by atoms with van der Waals surface area (Å²) in [6.45, 7) is 1.14. The molecule has 0 atom stereocenters. The third kappa shape index (κ3) is 3.66. The number of aryl methyl sites for hydroxylation is 1. The fraction of sp³-hybridized carbons (Fsp3) is 0.500. The first-order valence-electron chi connectivity index (χ1n) is 6.07. The second kappa shape index (κ2) is 6.85. The molecule has 0 saturated heterocycles. The standard InChI is InChI=1S/C12H20N2O4S/c1-2-10-3-4-11(13)9-12(10)19(17,18)14(5-7-15)6-8-16/h3-4,9,15-16H,2,5-8,13H2,1H3. The highest BCUT2D eigenvalue weighted by atomic mass is 32.2. The minimum Gasteiger partial charge on any atom is -0.399 e. The average molecular weight is 288 g/mol. The summed E-state index contributed by atoms with van der Waals surface area (Å²) in [7, 11) is -3.76. The highest BCUT2D eigenvalue weighted by molar-refractivity contribution is 7.89. The van der Waals surface area contributed by atoms with Gasteiger partial charge in [-0.05, 0) is 24.1 Å². The van der Waals surface area contributed by atoms with Gasteiger partial charge in [0.15, 0.2) is 0 Å². The van der Waals surface area contributed by atoms with Crippen LogP contribution in [0.15, 0.2) is 23.1 Å². The Balaban J connectivity index is 3.27. The Hall–Kier alpha value is -1.15. The number of anilines is 1. The number of benzene rings is 1. The second-order valence-electron chi connectivity index (χ2n) is 4.07. The second-order valence-corrected chi connectivity index (χ2v) is 5.98. The maximum absolute atomic E-state index is 12.5. The van der Waals surface area contributed by atoms with Crippen molar-refractivity contribution in [1.82, 2.24) is 4.31 Å². The number of sulfonamides is 1. The normalized spacial score (nSPS) is 12.0. The first kappa shape index (κ1) is 15.9. The number of aliphatic hydroxyl groups excluding tert-OH is 2. The van der Waals surface area contributed by atoms with Gasteiger partial charge in [0.25, 0.3) is 0 Å². The molecule has 0 fully saturated rings. The van der Waals surface area contributed by atoms with Crippen molar-refractivity contribution in [2.75, 3.05) is 32.0 Å². The maximum atomic E-state index is 12.5. The third-order valence-electron chi connectivity index (χ3n) is 2.79. The van der Waals surface area contributed by atoms with Gasteiger partial charge in [-0.2, -0.15) is 4.31 Å². The van der Waals surface area contributed by atoms with Gasteiger partial charge in [0.05, 0.1) is 18.1 Å². The molecule has 0 aliphatic rings. The van der Waals surface area contributed by atoms with Gasteiger partial charge in [0, 0.05) is 18.8 Å². The maximum Gasteiger partial charge on any atom is 0.243 e. The minimum absolute atomic E-state index is 0.0547. The number of aliphatic hydroxyl groups is 2. The van der Waals surface area contributed by atoms with E-state index in [0.717, 1.165) is 4.31 Å². The minimum atomic E-state index is -3.76. The molecule has 19 heavy (non-hydrogen) atoms. The zero-order chi connectivity index (χ0) is 14.5. The first-order valence-corrected chi connectivity index (χ1v) is 7.51. The van der Waals surface area contributed by atoms with Crippen molar-refractivity contribution < 1.29 is 18.6 Å². The van der Waals surface area contributed by atoms with Crippen LogP contribution in [0.5, 0.6) is 0 Å². The van der Waals surface area contributed by atoms with Gasteiger partial charge < -0.3 is 15.9 Å². The molecular weight excluding hydrogens is 268 g/mol. The van der Waals surface area contributed by atoms with Crippen molar-refractivity contribution in [3.05, 3.63) is 23.8 Å². The van der Waals surface area contributed by atoms with Gasteiger partial charge in [0.1, 0.15) is 0 Å². The number of hydrogen-bond donors (Lipinski definition) is 3. The van der Waals surface area contributed by atoms with Gasteiger partial charge in [-0.3, -0.25) is 0 Å². The Morgan fingerprint density at radius 2 is 1.79 bits per heavy atom. The number of nitrogens with two attached hydrogens (primary N) is 1. The molecule has 0 saturated carbocycles. The molecule has 7 heteroatoms. The van der Waals surface area contributed by atoms with Crippen molar-refractivity contribution in [3.8, 4) is 0 Å². The van der Waals surface area contributed by atoms with Crippen molar-refractivity contribution in [1.29, 1.82) is 0 Å². The monoisotopic (exact) mass is 288 g/mol. The van der Waals surface area contributed by atoms with E-state index in [-0.39, 0.29) is 31.2 Å². The van der Waals surface area contributed by atoms with Crippen LogP contribution in [0, 0.1) is 0 Å². The van der Waals surface area contributed by atoms with Crippen molar-refractivity contribution in [3.63, 3.8) is 0 Å². The molecule has 0 spiro atoms. The van der Waals surface area contributed by atoms with Gasteiger partial charge in [-0.25, -0.2) is 8.42 Å². The molecule has 108 valence electrons. The summed E-state index contributed by atoms with van der Waals surface area (Å²) >= 11 is 0. The quantitative estimate of drug-likeness (QED) is 0.603. The molecule has 6 nitrogen and oxygen atoms in total. The van der Waals surface area contributed by atoms with E-state index < -0.39 is 10.0 Å². The van der Waals surface area contributed by atoms with E-state index in [2.05, 4.69) is 0 Å². The summed E-state index contributed by atoms with van der Waals surface area (Å²) in [5, 5.41) is 17.9. The molecule has 4 N–H and O–H groups in total. The smallest absolute Gasteiger partial charge is 0.243 e. The van der Waals surface area contributed by atoms with Crippen LogP contribution in [0.1, 0.15) is 12.5 Å². The van der Waals surface area contributed by atoms with E-state index in [1.165, 1.54) is 6.07 Å². The van der Waals surface area contributed by atoms with Crippen LogP contribution >= 0.6 is 0 Å². The van der Waals surface area contributed by atoms with Gasteiger partial charge in [-0.15, -0.1) is 0 Å². The zero-order valence-corrected chi connectivity index (χ0v) is 11.7. The molecule has 0 aromatic heterocycles. The van der Waals surface area contributed by atoms with E-state index in [0.29, 0.717) is 17.7 Å². The van der Waals surface area contributed by atoms with Crippen LogP contribution in [0.4, 0.5) is 5.69 Å².